The number of benzene rings is 2. The average Bonchev–Trinajstić information content (AvgIpc) is 2.49. The first-order valence-corrected chi connectivity index (χ1v) is 9.62. The second kappa shape index (κ2) is 7.68. The second-order valence-electron chi connectivity index (χ2n) is 5.58. The lowest BCUT2D eigenvalue weighted by Gasteiger charge is -2.08. The Balaban J connectivity index is 1.89. The summed E-state index contributed by atoms with van der Waals surface area (Å²) in [5.74, 6) is -0.115. The van der Waals surface area contributed by atoms with Gasteiger partial charge < -0.3 is 5.32 Å². The molecule has 0 aromatic heterocycles. The monoisotopic (exact) mass is 366 g/mol. The molecule has 0 atom stereocenters. The van der Waals surface area contributed by atoms with E-state index in [1.54, 1.807) is 24.3 Å². The van der Waals surface area contributed by atoms with E-state index in [0.29, 0.717) is 29.2 Å². The Labute approximate surface area is 147 Å². The average molecular weight is 367 g/mol. The standard InChI is InChI=1S/C17H19ClN2O3S/c1-12-3-4-13(11-16(12)18)5-10-17(21)19-14-6-8-15(9-7-14)20-24(2,22)23/h3-4,6-9,11,20H,5,10H2,1-2H3,(H,19,21). The summed E-state index contributed by atoms with van der Waals surface area (Å²) in [7, 11) is -3.31. The van der Waals surface area contributed by atoms with Crippen LogP contribution in [0.5, 0.6) is 0 Å². The van der Waals surface area contributed by atoms with Crippen molar-refractivity contribution in [3.63, 3.8) is 0 Å². The van der Waals surface area contributed by atoms with E-state index in [-0.39, 0.29) is 5.91 Å². The molecular formula is C17H19ClN2O3S. The summed E-state index contributed by atoms with van der Waals surface area (Å²) in [6, 6.07) is 12.2. The molecule has 0 saturated carbocycles. The SMILES string of the molecule is Cc1ccc(CCC(=O)Nc2ccc(NS(C)(=O)=O)cc2)cc1Cl. The van der Waals surface area contributed by atoms with Crippen molar-refractivity contribution in [2.24, 2.45) is 0 Å². The largest absolute Gasteiger partial charge is 0.326 e. The molecular weight excluding hydrogens is 348 g/mol. The summed E-state index contributed by atoms with van der Waals surface area (Å²) >= 11 is 6.07. The highest BCUT2D eigenvalue weighted by Crippen LogP contribution is 2.18. The van der Waals surface area contributed by atoms with Crippen molar-refractivity contribution in [3.05, 3.63) is 58.6 Å². The van der Waals surface area contributed by atoms with Crippen molar-refractivity contribution in [1.82, 2.24) is 0 Å². The molecule has 2 rings (SSSR count). The molecule has 0 fully saturated rings. The molecule has 7 heteroatoms. The van der Waals surface area contributed by atoms with Gasteiger partial charge in [0.05, 0.1) is 6.26 Å². The number of hydrogen-bond acceptors (Lipinski definition) is 3. The smallest absolute Gasteiger partial charge is 0.229 e. The Kier molecular flexibility index (Phi) is 5.85. The summed E-state index contributed by atoms with van der Waals surface area (Å²) < 4.78 is 24.6. The molecule has 0 radical (unpaired) electrons. The first kappa shape index (κ1) is 18.3. The van der Waals surface area contributed by atoms with E-state index in [0.717, 1.165) is 17.4 Å². The maximum absolute atomic E-state index is 12.0. The van der Waals surface area contributed by atoms with Gasteiger partial charge in [-0.15, -0.1) is 0 Å². The van der Waals surface area contributed by atoms with Gasteiger partial charge in [-0.1, -0.05) is 23.7 Å². The minimum Gasteiger partial charge on any atom is -0.326 e. The molecule has 128 valence electrons. The summed E-state index contributed by atoms with van der Waals surface area (Å²) in [5, 5.41) is 3.48. The molecule has 24 heavy (non-hydrogen) atoms. The minimum atomic E-state index is -3.31. The van der Waals surface area contributed by atoms with Crippen LogP contribution in [0.4, 0.5) is 11.4 Å². The van der Waals surface area contributed by atoms with Gasteiger partial charge in [0.15, 0.2) is 0 Å². The molecule has 0 heterocycles. The molecule has 0 bridgehead atoms. The number of nitrogens with one attached hydrogen (secondary N) is 2. The number of carbonyl (C=O) groups excluding carboxylic acids is 1. The van der Waals surface area contributed by atoms with E-state index in [1.807, 2.05) is 25.1 Å². The molecule has 0 unspecified atom stereocenters. The molecule has 2 aromatic rings. The van der Waals surface area contributed by atoms with E-state index in [4.69, 9.17) is 11.6 Å². The van der Waals surface area contributed by atoms with E-state index >= 15 is 0 Å². The van der Waals surface area contributed by atoms with Crippen LogP contribution in [0.2, 0.25) is 5.02 Å². The maximum atomic E-state index is 12.0. The van der Waals surface area contributed by atoms with Gasteiger partial charge in [-0.05, 0) is 54.8 Å². The lowest BCUT2D eigenvalue weighted by molar-refractivity contribution is -0.116. The number of sulfonamides is 1. The summed E-state index contributed by atoms with van der Waals surface area (Å²) in [6.45, 7) is 1.93. The van der Waals surface area contributed by atoms with Crippen molar-refractivity contribution in [2.45, 2.75) is 19.8 Å². The van der Waals surface area contributed by atoms with E-state index in [2.05, 4.69) is 10.0 Å². The lowest BCUT2D eigenvalue weighted by atomic mass is 10.1. The molecule has 1 amide bonds. The Hall–Kier alpha value is -2.05. The summed E-state index contributed by atoms with van der Waals surface area (Å²) in [6.07, 6.45) is 2.02. The molecule has 0 aliphatic carbocycles. The van der Waals surface area contributed by atoms with Gasteiger partial charge >= 0.3 is 0 Å². The number of aryl methyl sites for hydroxylation is 2. The summed E-state index contributed by atoms with van der Waals surface area (Å²) in [5.41, 5.74) is 3.08. The number of halogens is 1. The third kappa shape index (κ3) is 5.86. The van der Waals surface area contributed by atoms with Gasteiger partial charge in [-0.2, -0.15) is 0 Å². The highest BCUT2D eigenvalue weighted by atomic mass is 35.5. The zero-order valence-electron chi connectivity index (χ0n) is 13.5. The predicted molar refractivity (Wildman–Crippen MR) is 98.0 cm³/mol. The Morgan fingerprint density at radius 2 is 1.71 bits per heavy atom. The zero-order chi connectivity index (χ0) is 17.7. The van der Waals surface area contributed by atoms with Crippen molar-refractivity contribution >= 4 is 38.9 Å². The van der Waals surface area contributed by atoms with Gasteiger partial charge in [0.2, 0.25) is 15.9 Å². The van der Waals surface area contributed by atoms with Crippen LogP contribution in [0, 0.1) is 6.92 Å². The van der Waals surface area contributed by atoms with E-state index < -0.39 is 10.0 Å². The van der Waals surface area contributed by atoms with Crippen molar-refractivity contribution in [1.29, 1.82) is 0 Å². The molecule has 0 aliphatic heterocycles. The first-order valence-electron chi connectivity index (χ1n) is 7.36. The first-order chi connectivity index (χ1) is 11.2. The van der Waals surface area contributed by atoms with Crippen LogP contribution < -0.4 is 10.0 Å². The van der Waals surface area contributed by atoms with E-state index in [9.17, 15) is 13.2 Å². The fourth-order valence-corrected chi connectivity index (χ4v) is 2.88. The van der Waals surface area contributed by atoms with Crippen LogP contribution in [-0.2, 0) is 21.2 Å². The third-order valence-electron chi connectivity index (χ3n) is 3.35. The molecule has 2 N–H and O–H groups in total. The topological polar surface area (TPSA) is 75.3 Å². The molecule has 2 aromatic carbocycles. The highest BCUT2D eigenvalue weighted by Gasteiger charge is 2.06. The Bertz CT molecular complexity index is 833. The molecule has 0 spiro atoms. The number of rotatable bonds is 6. The fourth-order valence-electron chi connectivity index (χ4n) is 2.11. The number of amides is 1. The van der Waals surface area contributed by atoms with Gasteiger partial charge in [-0.25, -0.2) is 8.42 Å². The van der Waals surface area contributed by atoms with Crippen LogP contribution >= 0.6 is 11.6 Å². The number of hydrogen-bond donors (Lipinski definition) is 2. The van der Waals surface area contributed by atoms with Crippen molar-refractivity contribution in [2.75, 3.05) is 16.3 Å². The molecule has 5 nitrogen and oxygen atoms in total. The maximum Gasteiger partial charge on any atom is 0.229 e. The van der Waals surface area contributed by atoms with Gasteiger partial charge in [0, 0.05) is 22.8 Å². The zero-order valence-corrected chi connectivity index (χ0v) is 15.0. The second-order valence-corrected chi connectivity index (χ2v) is 7.74. The Morgan fingerprint density at radius 3 is 2.29 bits per heavy atom. The van der Waals surface area contributed by atoms with Gasteiger partial charge in [-0.3, -0.25) is 9.52 Å². The van der Waals surface area contributed by atoms with Crippen LogP contribution in [0.25, 0.3) is 0 Å². The lowest BCUT2D eigenvalue weighted by Crippen LogP contribution is -2.13. The quantitative estimate of drug-likeness (QED) is 0.820. The van der Waals surface area contributed by atoms with Crippen molar-refractivity contribution < 1.29 is 13.2 Å². The normalized spacial score (nSPS) is 11.1. The van der Waals surface area contributed by atoms with Crippen LogP contribution in [-0.4, -0.2) is 20.6 Å². The number of carbonyl (C=O) groups is 1. The molecule has 0 saturated heterocycles. The Morgan fingerprint density at radius 1 is 1.08 bits per heavy atom. The van der Waals surface area contributed by atoms with Crippen molar-refractivity contribution in [3.8, 4) is 0 Å². The number of anilines is 2. The fraction of sp³-hybridized carbons (Fsp3) is 0.235. The van der Waals surface area contributed by atoms with Gasteiger partial charge in [0.25, 0.3) is 0 Å². The van der Waals surface area contributed by atoms with Crippen LogP contribution in [0.15, 0.2) is 42.5 Å². The summed E-state index contributed by atoms with van der Waals surface area (Å²) in [4.78, 5) is 12.0. The van der Waals surface area contributed by atoms with Gasteiger partial charge in [0.1, 0.15) is 0 Å². The predicted octanol–water partition coefficient (Wildman–Crippen LogP) is 3.59. The van der Waals surface area contributed by atoms with E-state index in [1.165, 1.54) is 0 Å². The molecule has 0 aliphatic rings. The third-order valence-corrected chi connectivity index (χ3v) is 4.36. The van der Waals surface area contributed by atoms with Crippen LogP contribution in [0.1, 0.15) is 17.5 Å². The highest BCUT2D eigenvalue weighted by molar-refractivity contribution is 7.92. The minimum absolute atomic E-state index is 0.115. The van der Waals surface area contributed by atoms with Crippen LogP contribution in [0.3, 0.4) is 0 Å².